The number of amides is 2. The van der Waals surface area contributed by atoms with Gasteiger partial charge in [-0.1, -0.05) is 39.0 Å². The summed E-state index contributed by atoms with van der Waals surface area (Å²) >= 11 is 0. The van der Waals surface area contributed by atoms with Crippen LogP contribution in [-0.2, 0) is 16.0 Å². The quantitative estimate of drug-likeness (QED) is 0.0899. The predicted octanol–water partition coefficient (Wildman–Crippen LogP) is 9.56. The number of carbonyl (C=O) groups is 3. The first-order valence-corrected chi connectivity index (χ1v) is 22.1. The lowest BCUT2D eigenvalue weighted by Crippen LogP contribution is -2.37. The number of anilines is 1. The van der Waals surface area contributed by atoms with Gasteiger partial charge in [0.05, 0.1) is 23.2 Å². The molecule has 3 atom stereocenters. The smallest absolute Gasteiger partial charge is 0.255 e. The van der Waals surface area contributed by atoms with E-state index in [1.165, 1.54) is 0 Å². The minimum atomic E-state index is -0.505. The van der Waals surface area contributed by atoms with Crippen LogP contribution in [0.3, 0.4) is 0 Å². The Bertz CT molecular complexity index is 2610. The average Bonchev–Trinajstić information content (AvgIpc) is 4.03. The third-order valence-electron chi connectivity index (χ3n) is 12.2. The van der Waals surface area contributed by atoms with Gasteiger partial charge in [0.1, 0.15) is 24.7 Å². The third kappa shape index (κ3) is 11.3. The van der Waals surface area contributed by atoms with Crippen LogP contribution in [0.2, 0.25) is 0 Å². The summed E-state index contributed by atoms with van der Waals surface area (Å²) in [5.74, 6) is 0.735. The zero-order valence-electron chi connectivity index (χ0n) is 37.7. The van der Waals surface area contributed by atoms with Crippen molar-refractivity contribution in [3.05, 3.63) is 125 Å². The SMILES string of the molecule is Cc1c(-c2cc(OC[C@@H]3CCCO3)ccc2C(N)=O)ccc2cc(C=O)cnc12.Cc1c(NC(=O)c2ccc(OC[C@@H]3CCCO3)cc2)ccc2cc(CN[C@H](C)C(C)(C)C)cnc12. The second kappa shape index (κ2) is 20.5. The van der Waals surface area contributed by atoms with Gasteiger partial charge in [0, 0.05) is 71.3 Å². The standard InChI is InChI=1S/C29H37N3O3.C23H22N2O4/c1-19-26(13-10-23-15-21(17-31-27(19)23)16-30-20(2)29(3,4)5)32-28(33)22-8-11-24(12-9-22)35-18-25-7-6-14-34-25;1-14-19(6-4-16-9-15(12-26)11-25-22(14)16)21-10-17(5-7-20(21)23(24)27)29-13-18-3-2-8-28-18/h8-13,15,17,20,25,30H,6-7,14,16,18H2,1-5H3,(H,32,33);4-7,9-12,18H,2-3,8,13H2,1H3,(H2,24,27)/t20-,25+;18-/m10/s1. The highest BCUT2D eigenvalue weighted by atomic mass is 16.5. The Kier molecular flexibility index (Phi) is 14.7. The molecule has 2 aliphatic heterocycles. The zero-order valence-corrected chi connectivity index (χ0v) is 37.7. The molecule has 4 heterocycles. The molecule has 334 valence electrons. The molecule has 0 aliphatic carbocycles. The second-order valence-electron chi connectivity index (χ2n) is 17.8. The normalized spacial score (nSPS) is 16.5. The van der Waals surface area contributed by atoms with Gasteiger partial charge in [0.15, 0.2) is 6.29 Å². The van der Waals surface area contributed by atoms with Crippen LogP contribution in [-0.4, -0.2) is 72.7 Å². The van der Waals surface area contributed by atoms with Crippen molar-refractivity contribution in [1.82, 2.24) is 15.3 Å². The summed E-state index contributed by atoms with van der Waals surface area (Å²) in [6.45, 7) is 16.2. The summed E-state index contributed by atoms with van der Waals surface area (Å²) in [6, 6.07) is 24.6. The molecule has 0 spiro atoms. The van der Waals surface area contributed by atoms with Crippen LogP contribution in [0.25, 0.3) is 32.9 Å². The van der Waals surface area contributed by atoms with Crippen molar-refractivity contribution in [1.29, 1.82) is 0 Å². The summed E-state index contributed by atoms with van der Waals surface area (Å²) < 4.78 is 22.9. The molecule has 0 bridgehead atoms. The lowest BCUT2D eigenvalue weighted by atomic mass is 9.88. The second-order valence-corrected chi connectivity index (χ2v) is 17.8. The van der Waals surface area contributed by atoms with Crippen LogP contribution < -0.4 is 25.8 Å². The van der Waals surface area contributed by atoms with Crippen LogP contribution in [0.1, 0.15) is 101 Å². The highest BCUT2D eigenvalue weighted by Crippen LogP contribution is 2.34. The molecule has 0 unspecified atom stereocenters. The summed E-state index contributed by atoms with van der Waals surface area (Å²) in [4.78, 5) is 45.1. The van der Waals surface area contributed by atoms with Gasteiger partial charge in [-0.05, 0) is 140 Å². The van der Waals surface area contributed by atoms with E-state index in [0.717, 1.165) is 107 Å². The Hall–Kier alpha value is -6.21. The number of ether oxygens (including phenoxy) is 4. The number of primary amides is 1. The predicted molar refractivity (Wildman–Crippen MR) is 251 cm³/mol. The molecule has 2 aromatic heterocycles. The van der Waals surface area contributed by atoms with Crippen molar-refractivity contribution in [2.45, 2.75) is 92.0 Å². The maximum Gasteiger partial charge on any atom is 0.255 e. The first kappa shape index (κ1) is 45.8. The van der Waals surface area contributed by atoms with Crippen molar-refractivity contribution < 1.29 is 33.3 Å². The van der Waals surface area contributed by atoms with Crippen LogP contribution in [0.5, 0.6) is 11.5 Å². The molecule has 0 radical (unpaired) electrons. The summed E-state index contributed by atoms with van der Waals surface area (Å²) in [5.41, 5.74) is 14.3. The minimum Gasteiger partial charge on any atom is -0.491 e. The van der Waals surface area contributed by atoms with E-state index in [4.69, 9.17) is 29.7 Å². The minimum absolute atomic E-state index is 0.105. The van der Waals surface area contributed by atoms with Crippen molar-refractivity contribution in [3.8, 4) is 22.6 Å². The van der Waals surface area contributed by atoms with Crippen molar-refractivity contribution in [2.75, 3.05) is 31.7 Å². The molecule has 12 nitrogen and oxygen atoms in total. The van der Waals surface area contributed by atoms with Gasteiger partial charge in [-0.25, -0.2) is 0 Å². The van der Waals surface area contributed by atoms with E-state index in [9.17, 15) is 14.4 Å². The van der Waals surface area contributed by atoms with Gasteiger partial charge in [0.2, 0.25) is 5.91 Å². The van der Waals surface area contributed by atoms with E-state index >= 15 is 0 Å². The van der Waals surface area contributed by atoms with Gasteiger partial charge >= 0.3 is 0 Å². The fraction of sp³-hybridized carbons (Fsp3) is 0.365. The number of aryl methyl sites for hydroxylation is 2. The van der Waals surface area contributed by atoms with E-state index < -0.39 is 5.91 Å². The Balaban J connectivity index is 0.000000195. The van der Waals surface area contributed by atoms with Crippen LogP contribution in [0.4, 0.5) is 5.69 Å². The Morgan fingerprint density at radius 1 is 0.797 bits per heavy atom. The van der Waals surface area contributed by atoms with Crippen molar-refractivity contribution in [2.24, 2.45) is 11.1 Å². The zero-order chi connectivity index (χ0) is 45.4. The number of benzene rings is 4. The molecule has 12 heteroatoms. The van der Waals surface area contributed by atoms with E-state index in [-0.39, 0.29) is 23.5 Å². The van der Waals surface area contributed by atoms with Crippen LogP contribution in [0.15, 0.2) is 91.3 Å². The van der Waals surface area contributed by atoms with Gasteiger partial charge in [-0.15, -0.1) is 0 Å². The molecule has 2 fully saturated rings. The summed E-state index contributed by atoms with van der Waals surface area (Å²) in [5, 5.41) is 8.55. The molecule has 2 amide bonds. The number of carbonyl (C=O) groups excluding carboxylic acids is 3. The molecule has 64 heavy (non-hydrogen) atoms. The lowest BCUT2D eigenvalue weighted by Gasteiger charge is -2.28. The van der Waals surface area contributed by atoms with Crippen LogP contribution in [0, 0.1) is 19.3 Å². The highest BCUT2D eigenvalue weighted by molar-refractivity contribution is 6.06. The van der Waals surface area contributed by atoms with Gasteiger partial charge in [0.25, 0.3) is 5.91 Å². The van der Waals surface area contributed by atoms with E-state index in [1.807, 2.05) is 62.5 Å². The lowest BCUT2D eigenvalue weighted by molar-refractivity contribution is 0.0679. The van der Waals surface area contributed by atoms with E-state index in [0.29, 0.717) is 47.3 Å². The number of nitrogens with zero attached hydrogens (tertiary/aromatic N) is 2. The van der Waals surface area contributed by atoms with Crippen molar-refractivity contribution >= 4 is 45.6 Å². The monoisotopic (exact) mass is 865 g/mol. The molecule has 8 rings (SSSR count). The Morgan fingerprint density at radius 2 is 1.42 bits per heavy atom. The first-order valence-electron chi connectivity index (χ1n) is 22.1. The fourth-order valence-corrected chi connectivity index (χ4v) is 7.80. The number of fused-ring (bicyclic) bond motifs is 2. The maximum absolute atomic E-state index is 12.9. The number of aldehydes is 1. The van der Waals surface area contributed by atoms with E-state index in [2.05, 4.69) is 49.4 Å². The molecule has 2 saturated heterocycles. The maximum atomic E-state index is 12.9. The average molecular weight is 866 g/mol. The fourth-order valence-electron chi connectivity index (χ4n) is 7.80. The number of nitrogens with two attached hydrogens (primary N) is 1. The molecule has 4 N–H and O–H groups in total. The third-order valence-corrected chi connectivity index (χ3v) is 12.2. The Morgan fingerprint density at radius 3 is 2.06 bits per heavy atom. The summed E-state index contributed by atoms with van der Waals surface area (Å²) in [7, 11) is 0. The first-order chi connectivity index (χ1) is 30.8. The number of hydrogen-bond acceptors (Lipinski definition) is 10. The number of nitrogens with one attached hydrogen (secondary N) is 2. The number of pyridine rings is 2. The van der Waals surface area contributed by atoms with E-state index in [1.54, 1.807) is 36.5 Å². The number of hydrogen-bond donors (Lipinski definition) is 3. The molecule has 6 aromatic rings. The number of rotatable bonds is 14. The van der Waals surface area contributed by atoms with Crippen molar-refractivity contribution in [3.63, 3.8) is 0 Å². The van der Waals surface area contributed by atoms with Gasteiger partial charge < -0.3 is 35.3 Å². The molecular formula is C52H59N5O7. The summed E-state index contributed by atoms with van der Waals surface area (Å²) in [6.07, 6.45) is 8.67. The van der Waals surface area contributed by atoms with Crippen LogP contribution >= 0.6 is 0 Å². The molecular weight excluding hydrogens is 807 g/mol. The molecule has 0 saturated carbocycles. The van der Waals surface area contributed by atoms with Gasteiger partial charge in [-0.3, -0.25) is 24.4 Å². The molecule has 2 aliphatic rings. The molecule has 4 aromatic carbocycles. The largest absolute Gasteiger partial charge is 0.491 e. The number of aromatic nitrogens is 2. The topological polar surface area (TPSA) is 164 Å². The van der Waals surface area contributed by atoms with Gasteiger partial charge in [-0.2, -0.15) is 0 Å². The highest BCUT2D eigenvalue weighted by Gasteiger charge is 2.21. The Labute approximate surface area is 375 Å².